The van der Waals surface area contributed by atoms with E-state index in [4.69, 9.17) is 0 Å². The van der Waals surface area contributed by atoms with Gasteiger partial charge in [0.1, 0.15) is 0 Å². The molecule has 2 aromatic carbocycles. The molecular weight excluding hydrogens is 282 g/mol. The minimum Gasteiger partial charge on any atom is -0.387 e. The maximum atomic E-state index is 10.6. The minimum atomic E-state index is -0.497. The highest BCUT2D eigenvalue weighted by molar-refractivity contribution is 5.73. The SMILES string of the molecule is Cc1cc(C)c2c(c1)[C@@H](O)CN/C=C(c1ccccc1)\C=C/C2. The first-order valence-corrected chi connectivity index (χ1v) is 8.09. The number of nitrogens with one attached hydrogen (secondary N) is 1. The standard InChI is InChI=1S/C21H23NO/c1-15-11-16(2)19-10-6-9-18(17-7-4-3-5-8-17)13-22-14-21(23)20(19)12-15/h3-9,11-13,21-23H,10,14H2,1-2H3/b9-6-,18-13+/t21-/m0/s1. The van der Waals surface area contributed by atoms with Crippen molar-refractivity contribution in [1.29, 1.82) is 0 Å². The highest BCUT2D eigenvalue weighted by Crippen LogP contribution is 2.25. The summed E-state index contributed by atoms with van der Waals surface area (Å²) in [5.41, 5.74) is 7.02. The van der Waals surface area contributed by atoms with Gasteiger partial charge in [0.15, 0.2) is 0 Å². The highest BCUT2D eigenvalue weighted by Gasteiger charge is 2.15. The maximum absolute atomic E-state index is 10.6. The largest absolute Gasteiger partial charge is 0.387 e. The Labute approximate surface area is 138 Å². The molecule has 2 nitrogen and oxygen atoms in total. The molecule has 0 aromatic heterocycles. The van der Waals surface area contributed by atoms with E-state index in [0.717, 1.165) is 17.6 Å². The molecular formula is C21H23NO. The molecule has 2 N–H and O–H groups in total. The third kappa shape index (κ3) is 3.54. The monoisotopic (exact) mass is 305 g/mol. The summed E-state index contributed by atoms with van der Waals surface area (Å²) in [5, 5.41) is 13.8. The smallest absolute Gasteiger partial charge is 0.0965 e. The van der Waals surface area contributed by atoms with Crippen molar-refractivity contribution in [3.8, 4) is 0 Å². The minimum absolute atomic E-state index is 0.497. The summed E-state index contributed by atoms with van der Waals surface area (Å²) in [7, 11) is 0. The first kappa shape index (κ1) is 15.6. The summed E-state index contributed by atoms with van der Waals surface area (Å²) in [6, 6.07) is 14.6. The highest BCUT2D eigenvalue weighted by atomic mass is 16.3. The van der Waals surface area contributed by atoms with Crippen LogP contribution < -0.4 is 5.32 Å². The molecule has 0 saturated heterocycles. The second kappa shape index (κ2) is 6.84. The Morgan fingerprint density at radius 1 is 1.09 bits per heavy atom. The number of benzene rings is 2. The fourth-order valence-electron chi connectivity index (χ4n) is 3.16. The zero-order valence-electron chi connectivity index (χ0n) is 13.7. The number of hydrogen-bond donors (Lipinski definition) is 2. The normalized spacial score (nSPS) is 21.5. The third-order valence-corrected chi connectivity index (χ3v) is 4.31. The number of rotatable bonds is 1. The lowest BCUT2D eigenvalue weighted by molar-refractivity contribution is 0.178. The Hall–Kier alpha value is -2.32. The van der Waals surface area contributed by atoms with Crippen LogP contribution in [0, 0.1) is 13.8 Å². The Balaban J connectivity index is 1.97. The number of aryl methyl sites for hydroxylation is 2. The molecule has 118 valence electrons. The summed E-state index contributed by atoms with van der Waals surface area (Å²) in [5.74, 6) is 0. The van der Waals surface area contributed by atoms with Gasteiger partial charge in [0, 0.05) is 12.7 Å². The van der Waals surface area contributed by atoms with E-state index in [1.165, 1.54) is 22.3 Å². The van der Waals surface area contributed by atoms with Crippen LogP contribution in [0.1, 0.15) is 33.9 Å². The van der Waals surface area contributed by atoms with Gasteiger partial charge < -0.3 is 10.4 Å². The number of allylic oxidation sites excluding steroid dienone is 3. The number of aliphatic hydroxyl groups excluding tert-OH is 1. The van der Waals surface area contributed by atoms with Gasteiger partial charge in [-0.05, 0) is 48.1 Å². The molecule has 1 aliphatic rings. The van der Waals surface area contributed by atoms with Crippen molar-refractivity contribution in [3.63, 3.8) is 0 Å². The van der Waals surface area contributed by atoms with Crippen LogP contribution in [0.2, 0.25) is 0 Å². The zero-order chi connectivity index (χ0) is 16.2. The van der Waals surface area contributed by atoms with Gasteiger partial charge in [-0.2, -0.15) is 0 Å². The third-order valence-electron chi connectivity index (χ3n) is 4.31. The fourth-order valence-corrected chi connectivity index (χ4v) is 3.16. The molecule has 0 amide bonds. The molecule has 0 spiro atoms. The Bertz CT molecular complexity index is 744. The lowest BCUT2D eigenvalue weighted by Gasteiger charge is -2.19. The van der Waals surface area contributed by atoms with E-state index in [2.05, 4.69) is 55.6 Å². The fraction of sp³-hybridized carbons (Fsp3) is 0.238. The topological polar surface area (TPSA) is 32.3 Å². The second-order valence-corrected chi connectivity index (χ2v) is 6.15. The number of fused-ring (bicyclic) bond motifs is 1. The van der Waals surface area contributed by atoms with E-state index in [-0.39, 0.29) is 0 Å². The van der Waals surface area contributed by atoms with Crippen LogP contribution in [0.4, 0.5) is 0 Å². The summed E-state index contributed by atoms with van der Waals surface area (Å²) in [4.78, 5) is 0. The molecule has 0 saturated carbocycles. The van der Waals surface area contributed by atoms with Gasteiger partial charge in [-0.25, -0.2) is 0 Å². The van der Waals surface area contributed by atoms with Gasteiger partial charge >= 0.3 is 0 Å². The Morgan fingerprint density at radius 2 is 1.87 bits per heavy atom. The maximum Gasteiger partial charge on any atom is 0.0965 e. The second-order valence-electron chi connectivity index (χ2n) is 6.15. The van der Waals surface area contributed by atoms with E-state index >= 15 is 0 Å². The molecule has 3 rings (SSSR count). The van der Waals surface area contributed by atoms with Crippen molar-refractivity contribution in [3.05, 3.63) is 88.6 Å². The van der Waals surface area contributed by atoms with Crippen LogP contribution in [0.25, 0.3) is 5.57 Å². The molecule has 23 heavy (non-hydrogen) atoms. The van der Waals surface area contributed by atoms with Crippen LogP contribution in [0.15, 0.2) is 60.8 Å². The molecule has 0 fully saturated rings. The Morgan fingerprint density at radius 3 is 2.65 bits per heavy atom. The van der Waals surface area contributed by atoms with Crippen molar-refractivity contribution < 1.29 is 5.11 Å². The van der Waals surface area contributed by atoms with Crippen molar-refractivity contribution in [2.75, 3.05) is 6.54 Å². The van der Waals surface area contributed by atoms with Crippen molar-refractivity contribution >= 4 is 5.57 Å². The number of β-amino-alcohol motifs (C(OH)–C–C–N with tert-alkyl or cyclic N) is 1. The van der Waals surface area contributed by atoms with Gasteiger partial charge in [-0.1, -0.05) is 60.2 Å². The summed E-state index contributed by atoms with van der Waals surface area (Å²) < 4.78 is 0. The number of aliphatic hydroxyl groups is 1. The first-order chi connectivity index (χ1) is 11.1. The number of hydrogen-bond acceptors (Lipinski definition) is 2. The lowest BCUT2D eigenvalue weighted by atomic mass is 9.92. The summed E-state index contributed by atoms with van der Waals surface area (Å²) >= 11 is 0. The van der Waals surface area contributed by atoms with Crippen LogP contribution >= 0.6 is 0 Å². The van der Waals surface area contributed by atoms with Gasteiger partial charge in [0.2, 0.25) is 0 Å². The first-order valence-electron chi connectivity index (χ1n) is 8.09. The molecule has 0 aliphatic carbocycles. The van der Waals surface area contributed by atoms with E-state index in [1.807, 2.05) is 24.4 Å². The van der Waals surface area contributed by atoms with E-state index < -0.39 is 6.10 Å². The predicted octanol–water partition coefficient (Wildman–Crippen LogP) is 4.08. The van der Waals surface area contributed by atoms with Crippen LogP contribution in [-0.2, 0) is 6.42 Å². The van der Waals surface area contributed by atoms with Crippen LogP contribution in [0.5, 0.6) is 0 Å². The van der Waals surface area contributed by atoms with Gasteiger partial charge in [0.05, 0.1) is 6.10 Å². The van der Waals surface area contributed by atoms with Gasteiger partial charge in [-0.15, -0.1) is 0 Å². The molecule has 2 aromatic rings. The van der Waals surface area contributed by atoms with E-state index in [1.54, 1.807) is 0 Å². The zero-order valence-corrected chi connectivity index (χ0v) is 13.7. The molecule has 0 bridgehead atoms. The Kier molecular flexibility index (Phi) is 4.63. The summed E-state index contributed by atoms with van der Waals surface area (Å²) in [6.07, 6.45) is 6.66. The summed E-state index contributed by atoms with van der Waals surface area (Å²) in [6.45, 7) is 4.72. The van der Waals surface area contributed by atoms with Crippen molar-refractivity contribution in [2.45, 2.75) is 26.4 Å². The average molecular weight is 305 g/mol. The quantitative estimate of drug-likeness (QED) is 0.832. The lowest BCUT2D eigenvalue weighted by Crippen LogP contribution is -2.19. The van der Waals surface area contributed by atoms with Gasteiger partial charge in [-0.3, -0.25) is 0 Å². The van der Waals surface area contributed by atoms with Crippen LogP contribution in [0.3, 0.4) is 0 Å². The molecule has 0 unspecified atom stereocenters. The molecule has 2 heteroatoms. The molecule has 1 heterocycles. The van der Waals surface area contributed by atoms with Crippen molar-refractivity contribution in [2.24, 2.45) is 0 Å². The molecule has 1 atom stereocenters. The molecule has 0 radical (unpaired) electrons. The van der Waals surface area contributed by atoms with Crippen LogP contribution in [-0.4, -0.2) is 11.7 Å². The van der Waals surface area contributed by atoms with E-state index in [9.17, 15) is 5.11 Å². The average Bonchev–Trinajstić information content (AvgIpc) is 2.55. The predicted molar refractivity (Wildman–Crippen MR) is 96.1 cm³/mol. The van der Waals surface area contributed by atoms with Crippen molar-refractivity contribution in [1.82, 2.24) is 5.32 Å². The van der Waals surface area contributed by atoms with E-state index in [0.29, 0.717) is 6.54 Å². The molecule has 1 aliphatic heterocycles. The van der Waals surface area contributed by atoms with Gasteiger partial charge in [0.25, 0.3) is 0 Å².